The van der Waals surface area contributed by atoms with Gasteiger partial charge in [0.25, 0.3) is 0 Å². The quantitative estimate of drug-likeness (QED) is 0.789. The first-order chi connectivity index (χ1) is 10.4. The van der Waals surface area contributed by atoms with Gasteiger partial charge in [0.2, 0.25) is 0 Å². The van der Waals surface area contributed by atoms with Crippen molar-refractivity contribution in [3.63, 3.8) is 0 Å². The van der Waals surface area contributed by atoms with Crippen LogP contribution in [0.1, 0.15) is 11.1 Å². The van der Waals surface area contributed by atoms with E-state index in [2.05, 4.69) is 26.5 Å². The molecule has 21 heavy (non-hydrogen) atoms. The smallest absolute Gasteiger partial charge is 0.178 e. The highest BCUT2D eigenvalue weighted by atomic mass is 15.3. The zero-order chi connectivity index (χ0) is 14.5. The topological polar surface area (TPSA) is 79.4 Å². The van der Waals surface area contributed by atoms with Gasteiger partial charge in [-0.3, -0.25) is 0 Å². The molecule has 3 aromatic rings. The molecule has 6 nitrogen and oxygen atoms in total. The Kier molecular flexibility index (Phi) is 3.56. The molecule has 0 saturated carbocycles. The third-order valence-corrected chi connectivity index (χ3v) is 2.99. The maximum absolute atomic E-state index is 8.79. The van der Waals surface area contributed by atoms with Crippen LogP contribution in [0.25, 0.3) is 5.82 Å². The average molecular weight is 276 g/mol. The van der Waals surface area contributed by atoms with Crippen molar-refractivity contribution in [1.82, 2.24) is 19.7 Å². The lowest BCUT2D eigenvalue weighted by Crippen LogP contribution is -2.06. The summed E-state index contributed by atoms with van der Waals surface area (Å²) >= 11 is 0. The summed E-state index contributed by atoms with van der Waals surface area (Å²) in [5.41, 5.74) is 2.61. The lowest BCUT2D eigenvalue weighted by Gasteiger charge is -2.10. The summed E-state index contributed by atoms with van der Waals surface area (Å²) < 4.78 is 1.61. The van der Waals surface area contributed by atoms with Gasteiger partial charge in [0.15, 0.2) is 5.82 Å². The zero-order valence-corrected chi connectivity index (χ0v) is 11.1. The number of nitrogens with zero attached hydrogens (tertiary/aromatic N) is 5. The first-order valence-corrected chi connectivity index (χ1v) is 6.40. The molecule has 0 aliphatic heterocycles. The maximum atomic E-state index is 8.79. The molecule has 0 spiro atoms. The molecule has 0 bridgehead atoms. The number of nitrogens with one attached hydrogen (secondary N) is 1. The fourth-order valence-corrected chi connectivity index (χ4v) is 1.93. The van der Waals surface area contributed by atoms with Gasteiger partial charge in [0, 0.05) is 12.7 Å². The Balaban J connectivity index is 1.78. The van der Waals surface area contributed by atoms with E-state index in [0.717, 1.165) is 11.3 Å². The van der Waals surface area contributed by atoms with E-state index in [1.54, 1.807) is 29.3 Å². The Labute approximate surface area is 121 Å². The minimum atomic E-state index is 0.638. The molecule has 102 valence electrons. The number of benzene rings is 1. The number of aromatic nitrogens is 4. The van der Waals surface area contributed by atoms with Gasteiger partial charge in [-0.05, 0) is 29.8 Å². The summed E-state index contributed by atoms with van der Waals surface area (Å²) in [6.07, 6.45) is 4.79. The van der Waals surface area contributed by atoms with Crippen LogP contribution in [0.2, 0.25) is 0 Å². The Morgan fingerprint density at radius 1 is 1.19 bits per heavy atom. The fraction of sp³-hybridized carbons (Fsp3) is 0.0667. The van der Waals surface area contributed by atoms with Gasteiger partial charge < -0.3 is 5.32 Å². The summed E-state index contributed by atoms with van der Waals surface area (Å²) in [7, 11) is 0. The van der Waals surface area contributed by atoms with Gasteiger partial charge in [0.05, 0.1) is 17.3 Å². The Morgan fingerprint density at radius 2 is 2.05 bits per heavy atom. The number of hydrogen-bond acceptors (Lipinski definition) is 5. The normalized spacial score (nSPS) is 10.0. The summed E-state index contributed by atoms with van der Waals surface area (Å²) in [5.74, 6) is 0.698. The van der Waals surface area contributed by atoms with Crippen LogP contribution in [-0.4, -0.2) is 19.7 Å². The van der Waals surface area contributed by atoms with Crippen molar-refractivity contribution in [2.45, 2.75) is 6.54 Å². The Hall–Kier alpha value is -3.20. The van der Waals surface area contributed by atoms with E-state index in [9.17, 15) is 0 Å². The van der Waals surface area contributed by atoms with Gasteiger partial charge >= 0.3 is 0 Å². The Morgan fingerprint density at radius 3 is 2.76 bits per heavy atom. The van der Waals surface area contributed by atoms with Gasteiger partial charge in [-0.2, -0.15) is 10.4 Å². The second-order valence-electron chi connectivity index (χ2n) is 4.38. The van der Waals surface area contributed by atoms with E-state index in [4.69, 9.17) is 5.26 Å². The standard InChI is InChI=1S/C15H12N6/c16-8-12-3-5-13(6-4-12)9-19-14-2-1-7-18-15(14)21-11-17-10-20-21/h1-7,10-11,19H,9H2. The van der Waals surface area contributed by atoms with Crippen LogP contribution in [0.4, 0.5) is 5.69 Å². The van der Waals surface area contributed by atoms with Crippen molar-refractivity contribution in [3.8, 4) is 11.9 Å². The minimum absolute atomic E-state index is 0.638. The highest BCUT2D eigenvalue weighted by molar-refractivity contribution is 5.56. The lowest BCUT2D eigenvalue weighted by atomic mass is 10.1. The van der Waals surface area contributed by atoms with Crippen LogP contribution in [0.15, 0.2) is 55.2 Å². The molecule has 0 unspecified atom stereocenters. The van der Waals surface area contributed by atoms with Gasteiger partial charge in [-0.25, -0.2) is 14.6 Å². The number of anilines is 1. The highest BCUT2D eigenvalue weighted by Crippen LogP contribution is 2.17. The van der Waals surface area contributed by atoms with Crippen LogP contribution in [0.3, 0.4) is 0 Å². The van der Waals surface area contributed by atoms with E-state index in [0.29, 0.717) is 17.9 Å². The first-order valence-electron chi connectivity index (χ1n) is 6.40. The maximum Gasteiger partial charge on any atom is 0.178 e. The van der Waals surface area contributed by atoms with Crippen molar-refractivity contribution in [3.05, 3.63) is 66.4 Å². The second kappa shape index (κ2) is 5.84. The van der Waals surface area contributed by atoms with Crippen LogP contribution in [0, 0.1) is 11.3 Å². The van der Waals surface area contributed by atoms with Gasteiger partial charge in [-0.1, -0.05) is 12.1 Å². The fourth-order valence-electron chi connectivity index (χ4n) is 1.93. The van der Waals surface area contributed by atoms with Crippen molar-refractivity contribution >= 4 is 5.69 Å². The molecule has 0 atom stereocenters. The third-order valence-electron chi connectivity index (χ3n) is 2.99. The molecule has 0 aliphatic carbocycles. The van der Waals surface area contributed by atoms with E-state index in [1.165, 1.54) is 6.33 Å². The molecule has 1 aromatic carbocycles. The summed E-state index contributed by atoms with van der Waals surface area (Å²) in [5, 5.41) is 16.2. The minimum Gasteiger partial charge on any atom is -0.378 e. The lowest BCUT2D eigenvalue weighted by molar-refractivity contribution is 0.844. The van der Waals surface area contributed by atoms with E-state index >= 15 is 0 Å². The van der Waals surface area contributed by atoms with E-state index < -0.39 is 0 Å². The molecule has 0 saturated heterocycles. The predicted molar refractivity (Wildman–Crippen MR) is 77.6 cm³/mol. The van der Waals surface area contributed by atoms with Crippen LogP contribution in [-0.2, 0) is 6.54 Å². The van der Waals surface area contributed by atoms with Gasteiger partial charge in [0.1, 0.15) is 12.7 Å². The molecule has 0 aliphatic rings. The molecule has 6 heteroatoms. The monoisotopic (exact) mass is 276 g/mol. The highest BCUT2D eigenvalue weighted by Gasteiger charge is 2.05. The number of rotatable bonds is 4. The molecular weight excluding hydrogens is 264 g/mol. The van der Waals surface area contributed by atoms with Crippen LogP contribution >= 0.6 is 0 Å². The largest absolute Gasteiger partial charge is 0.378 e. The van der Waals surface area contributed by atoms with Crippen molar-refractivity contribution < 1.29 is 0 Å². The zero-order valence-electron chi connectivity index (χ0n) is 11.1. The molecule has 3 rings (SSSR count). The number of hydrogen-bond donors (Lipinski definition) is 1. The van der Waals surface area contributed by atoms with Crippen molar-refractivity contribution in [2.24, 2.45) is 0 Å². The molecule has 0 fully saturated rings. The van der Waals surface area contributed by atoms with E-state index in [-0.39, 0.29) is 0 Å². The second-order valence-corrected chi connectivity index (χ2v) is 4.38. The molecule has 0 radical (unpaired) electrons. The Bertz CT molecular complexity index is 756. The molecule has 2 heterocycles. The first kappa shape index (κ1) is 12.8. The van der Waals surface area contributed by atoms with Crippen LogP contribution in [0.5, 0.6) is 0 Å². The van der Waals surface area contributed by atoms with Gasteiger partial charge in [-0.15, -0.1) is 0 Å². The third kappa shape index (κ3) is 2.87. The number of nitriles is 1. The summed E-state index contributed by atoms with van der Waals surface area (Å²) in [6.45, 7) is 0.638. The summed E-state index contributed by atoms with van der Waals surface area (Å²) in [6, 6.07) is 13.4. The predicted octanol–water partition coefficient (Wildman–Crippen LogP) is 2.15. The summed E-state index contributed by atoms with van der Waals surface area (Å²) in [4.78, 5) is 8.25. The van der Waals surface area contributed by atoms with Crippen LogP contribution < -0.4 is 5.32 Å². The molecule has 0 amide bonds. The van der Waals surface area contributed by atoms with Crippen molar-refractivity contribution in [2.75, 3.05) is 5.32 Å². The molecule has 2 aromatic heterocycles. The SMILES string of the molecule is N#Cc1ccc(CNc2cccnc2-n2cncn2)cc1. The number of pyridine rings is 1. The average Bonchev–Trinajstić information content (AvgIpc) is 3.08. The molecule has 1 N–H and O–H groups in total. The van der Waals surface area contributed by atoms with Crippen molar-refractivity contribution in [1.29, 1.82) is 5.26 Å². The molecular formula is C15H12N6. The van der Waals surface area contributed by atoms with E-state index in [1.807, 2.05) is 24.3 Å².